The molecule has 0 atom stereocenters. The Hall–Kier alpha value is -3.32. The van der Waals surface area contributed by atoms with E-state index in [0.29, 0.717) is 24.6 Å². The van der Waals surface area contributed by atoms with E-state index in [-0.39, 0.29) is 18.4 Å². The number of hydrogen-bond donors (Lipinski definition) is 1. The van der Waals surface area contributed by atoms with Crippen LogP contribution in [0.4, 0.5) is 0 Å². The summed E-state index contributed by atoms with van der Waals surface area (Å²) in [7, 11) is 0. The van der Waals surface area contributed by atoms with E-state index in [1.54, 1.807) is 6.07 Å². The molecule has 0 unspecified atom stereocenters. The van der Waals surface area contributed by atoms with Gasteiger partial charge in [-0.15, -0.1) is 0 Å². The number of ether oxygens (including phenoxy) is 2. The highest BCUT2D eigenvalue weighted by Gasteiger charge is 2.17. The van der Waals surface area contributed by atoms with E-state index in [0.717, 1.165) is 30.8 Å². The topological polar surface area (TPSA) is 76.8 Å². The normalized spacial score (nSPS) is 12.4. The third-order valence-corrected chi connectivity index (χ3v) is 5.09. The van der Waals surface area contributed by atoms with Crippen molar-refractivity contribution < 1.29 is 18.8 Å². The standard InChI is InChI=1S/C24H27N3O4/c1-3-9-27(14-19-6-4-5-17(2)10-19)15-20-12-21(26-31-20)24(28)25-13-18-7-8-22-23(11-18)30-16-29-22/h4-8,10-12H,3,9,13-16H2,1-2H3,(H,25,28). The van der Waals surface area contributed by atoms with E-state index >= 15 is 0 Å². The monoisotopic (exact) mass is 421 g/mol. The van der Waals surface area contributed by atoms with Crippen molar-refractivity contribution in [3.63, 3.8) is 0 Å². The van der Waals surface area contributed by atoms with Gasteiger partial charge in [-0.2, -0.15) is 0 Å². The number of carbonyl (C=O) groups is 1. The smallest absolute Gasteiger partial charge is 0.273 e. The first-order valence-electron chi connectivity index (χ1n) is 10.5. The molecule has 162 valence electrons. The molecule has 0 spiro atoms. The van der Waals surface area contributed by atoms with Crippen LogP contribution in [-0.4, -0.2) is 29.3 Å². The minimum Gasteiger partial charge on any atom is -0.454 e. The molecule has 7 nitrogen and oxygen atoms in total. The molecule has 1 aliphatic rings. The summed E-state index contributed by atoms with van der Waals surface area (Å²) >= 11 is 0. The van der Waals surface area contributed by atoms with Crippen LogP contribution in [0.25, 0.3) is 0 Å². The SMILES string of the molecule is CCCN(Cc1cccc(C)c1)Cc1cc(C(=O)NCc2ccc3c(c2)OCO3)no1. The van der Waals surface area contributed by atoms with E-state index in [2.05, 4.69) is 53.5 Å². The van der Waals surface area contributed by atoms with Crippen LogP contribution in [0.15, 0.2) is 53.1 Å². The highest BCUT2D eigenvalue weighted by molar-refractivity contribution is 5.92. The van der Waals surface area contributed by atoms with Gasteiger partial charge in [0.15, 0.2) is 23.0 Å². The molecule has 2 aromatic carbocycles. The number of nitrogens with one attached hydrogen (secondary N) is 1. The molecule has 3 aromatic rings. The van der Waals surface area contributed by atoms with Crippen LogP contribution < -0.4 is 14.8 Å². The largest absolute Gasteiger partial charge is 0.454 e. The average Bonchev–Trinajstić information content (AvgIpc) is 3.41. The Morgan fingerprint density at radius 2 is 1.94 bits per heavy atom. The highest BCUT2D eigenvalue weighted by atomic mass is 16.7. The number of carbonyl (C=O) groups excluding carboxylic acids is 1. The molecule has 0 saturated carbocycles. The molecule has 4 rings (SSSR count). The van der Waals surface area contributed by atoms with Crippen molar-refractivity contribution in [3.05, 3.63) is 76.7 Å². The molecule has 7 heteroatoms. The van der Waals surface area contributed by atoms with Gasteiger partial charge < -0.3 is 19.3 Å². The Morgan fingerprint density at radius 3 is 2.77 bits per heavy atom. The molecule has 0 radical (unpaired) electrons. The van der Waals surface area contributed by atoms with Crippen LogP contribution in [0.1, 0.15) is 46.3 Å². The van der Waals surface area contributed by atoms with Crippen LogP contribution in [0.2, 0.25) is 0 Å². The summed E-state index contributed by atoms with van der Waals surface area (Å²) in [6, 6.07) is 15.8. The van der Waals surface area contributed by atoms with Gasteiger partial charge in [0.25, 0.3) is 5.91 Å². The van der Waals surface area contributed by atoms with Crippen molar-refractivity contribution in [2.75, 3.05) is 13.3 Å². The molecule has 0 saturated heterocycles. The third-order valence-electron chi connectivity index (χ3n) is 5.09. The zero-order valence-corrected chi connectivity index (χ0v) is 17.9. The maximum atomic E-state index is 12.5. The number of fused-ring (bicyclic) bond motifs is 1. The molecule has 1 amide bonds. The number of rotatable bonds is 9. The van der Waals surface area contributed by atoms with Crippen molar-refractivity contribution in [2.24, 2.45) is 0 Å². The Bertz CT molecular complexity index is 1050. The predicted octanol–water partition coefficient (Wildman–Crippen LogP) is 4.05. The number of aromatic nitrogens is 1. The minimum absolute atomic E-state index is 0.228. The molecular formula is C24H27N3O4. The summed E-state index contributed by atoms with van der Waals surface area (Å²) in [5.74, 6) is 1.82. The molecule has 31 heavy (non-hydrogen) atoms. The third kappa shape index (κ3) is 5.44. The quantitative estimate of drug-likeness (QED) is 0.562. The second kappa shape index (κ2) is 9.66. The van der Waals surface area contributed by atoms with Gasteiger partial charge >= 0.3 is 0 Å². The van der Waals surface area contributed by atoms with E-state index in [1.807, 2.05) is 18.2 Å². The summed E-state index contributed by atoms with van der Waals surface area (Å²) in [5, 5.41) is 6.84. The Labute approximate surface area is 181 Å². The lowest BCUT2D eigenvalue weighted by molar-refractivity contribution is 0.0941. The van der Waals surface area contributed by atoms with Gasteiger partial charge in [-0.25, -0.2) is 0 Å². The van der Waals surface area contributed by atoms with Crippen molar-refractivity contribution in [3.8, 4) is 11.5 Å². The highest BCUT2D eigenvalue weighted by Crippen LogP contribution is 2.32. The van der Waals surface area contributed by atoms with E-state index in [1.165, 1.54) is 11.1 Å². The van der Waals surface area contributed by atoms with Crippen LogP contribution >= 0.6 is 0 Å². The molecule has 0 bridgehead atoms. The molecule has 0 fully saturated rings. The number of aryl methyl sites for hydroxylation is 1. The Balaban J connectivity index is 1.34. The van der Waals surface area contributed by atoms with Crippen LogP contribution in [-0.2, 0) is 19.6 Å². The first kappa shape index (κ1) is 20.9. The molecule has 1 aromatic heterocycles. The van der Waals surface area contributed by atoms with Crippen LogP contribution in [0.3, 0.4) is 0 Å². The first-order chi connectivity index (χ1) is 15.1. The number of hydrogen-bond acceptors (Lipinski definition) is 6. The maximum Gasteiger partial charge on any atom is 0.273 e. The fourth-order valence-corrected chi connectivity index (χ4v) is 3.64. The fourth-order valence-electron chi connectivity index (χ4n) is 3.64. The molecule has 1 N–H and O–H groups in total. The lowest BCUT2D eigenvalue weighted by Gasteiger charge is -2.20. The molecular weight excluding hydrogens is 394 g/mol. The van der Waals surface area contributed by atoms with Gasteiger partial charge in [0, 0.05) is 19.2 Å². The van der Waals surface area contributed by atoms with Gasteiger partial charge in [-0.05, 0) is 43.1 Å². The second-order valence-corrected chi connectivity index (χ2v) is 7.75. The number of amides is 1. The first-order valence-corrected chi connectivity index (χ1v) is 10.5. The van der Waals surface area contributed by atoms with E-state index in [9.17, 15) is 4.79 Å². The average molecular weight is 421 g/mol. The number of nitrogens with zero attached hydrogens (tertiary/aromatic N) is 2. The zero-order chi connectivity index (χ0) is 21.6. The Kier molecular flexibility index (Phi) is 6.52. The second-order valence-electron chi connectivity index (χ2n) is 7.75. The van der Waals surface area contributed by atoms with Crippen molar-refractivity contribution in [2.45, 2.75) is 39.9 Å². The summed E-state index contributed by atoms with van der Waals surface area (Å²) < 4.78 is 16.1. The van der Waals surface area contributed by atoms with Gasteiger partial charge in [0.1, 0.15) is 0 Å². The predicted molar refractivity (Wildman–Crippen MR) is 116 cm³/mol. The van der Waals surface area contributed by atoms with Gasteiger partial charge in [-0.1, -0.05) is 48.0 Å². The lowest BCUT2D eigenvalue weighted by Crippen LogP contribution is -2.24. The van der Waals surface area contributed by atoms with E-state index in [4.69, 9.17) is 14.0 Å². The molecule has 2 heterocycles. The van der Waals surface area contributed by atoms with Crippen LogP contribution in [0, 0.1) is 6.92 Å². The summed E-state index contributed by atoms with van der Waals surface area (Å²) in [5.41, 5.74) is 3.71. The van der Waals surface area contributed by atoms with Gasteiger partial charge in [0.2, 0.25) is 6.79 Å². The van der Waals surface area contributed by atoms with Crippen molar-refractivity contribution in [1.29, 1.82) is 0 Å². The van der Waals surface area contributed by atoms with Gasteiger partial charge in [-0.3, -0.25) is 9.69 Å². The zero-order valence-electron chi connectivity index (χ0n) is 17.9. The van der Waals surface area contributed by atoms with Crippen LogP contribution in [0.5, 0.6) is 11.5 Å². The fraction of sp³-hybridized carbons (Fsp3) is 0.333. The lowest BCUT2D eigenvalue weighted by atomic mass is 10.1. The van der Waals surface area contributed by atoms with Crippen molar-refractivity contribution >= 4 is 5.91 Å². The number of benzene rings is 2. The molecule has 0 aliphatic carbocycles. The van der Waals surface area contributed by atoms with E-state index < -0.39 is 0 Å². The summed E-state index contributed by atoms with van der Waals surface area (Å²) in [4.78, 5) is 14.8. The summed E-state index contributed by atoms with van der Waals surface area (Å²) in [6.07, 6.45) is 1.03. The van der Waals surface area contributed by atoms with Crippen molar-refractivity contribution in [1.82, 2.24) is 15.4 Å². The maximum absolute atomic E-state index is 12.5. The van der Waals surface area contributed by atoms with Gasteiger partial charge in [0.05, 0.1) is 6.54 Å². The Morgan fingerprint density at radius 1 is 1.06 bits per heavy atom. The molecule has 1 aliphatic heterocycles. The summed E-state index contributed by atoms with van der Waals surface area (Å²) in [6.45, 7) is 7.20. The minimum atomic E-state index is -0.270.